The summed E-state index contributed by atoms with van der Waals surface area (Å²) >= 11 is 3.88. The molecule has 11 rings (SSSR count). The van der Waals surface area contributed by atoms with Gasteiger partial charge in [0.1, 0.15) is 0 Å². The molecule has 0 spiro atoms. The first kappa shape index (κ1) is 22.9. The van der Waals surface area contributed by atoms with E-state index in [0.29, 0.717) is 5.25 Å². The van der Waals surface area contributed by atoms with Crippen LogP contribution in [-0.2, 0) is 0 Å². The molecule has 0 saturated carbocycles. The van der Waals surface area contributed by atoms with Gasteiger partial charge in [0.05, 0.1) is 34.2 Å². The highest BCUT2D eigenvalue weighted by molar-refractivity contribution is 8.01. The summed E-state index contributed by atoms with van der Waals surface area (Å²) < 4.78 is 5.24. The van der Waals surface area contributed by atoms with E-state index < -0.39 is 0 Å². The summed E-state index contributed by atoms with van der Waals surface area (Å²) in [5.41, 5.74) is 11.6. The van der Waals surface area contributed by atoms with Gasteiger partial charge in [-0.05, 0) is 70.3 Å². The summed E-state index contributed by atoms with van der Waals surface area (Å²) in [5.74, 6) is 1.06. The average Bonchev–Trinajstić information content (AvgIpc) is 3.79. The molecule has 0 fully saturated rings. The van der Waals surface area contributed by atoms with Gasteiger partial charge in [-0.25, -0.2) is 4.99 Å². The first-order valence-corrected chi connectivity index (χ1v) is 16.5. The molecule has 5 heteroatoms. The zero-order valence-electron chi connectivity index (χ0n) is 22.9. The molecule has 0 bridgehead atoms. The monoisotopic (exact) mass is 585 g/mol. The third-order valence-corrected chi connectivity index (χ3v) is 12.2. The van der Waals surface area contributed by atoms with Crippen molar-refractivity contribution in [3.05, 3.63) is 126 Å². The Morgan fingerprint density at radius 3 is 2.60 bits per heavy atom. The number of benzene rings is 4. The summed E-state index contributed by atoms with van der Waals surface area (Å²) in [7, 11) is 0. The minimum absolute atomic E-state index is 0.0959. The molecule has 3 aliphatic heterocycles. The Balaban J connectivity index is 1.18. The Labute approximate surface area is 256 Å². The number of allylic oxidation sites excluding steroid dienone is 5. The predicted molar refractivity (Wildman–Crippen MR) is 184 cm³/mol. The maximum absolute atomic E-state index is 5.36. The molecule has 6 aromatic rings. The Bertz CT molecular complexity index is 2430. The number of hydrogen-bond acceptors (Lipinski definition) is 4. The fraction of sp³-hybridized carbons (Fsp3) is 0.0789. The first-order valence-electron chi connectivity index (χ1n) is 14.8. The fourth-order valence-corrected chi connectivity index (χ4v) is 10.4. The molecule has 3 nitrogen and oxygen atoms in total. The van der Waals surface area contributed by atoms with Crippen LogP contribution >= 0.6 is 23.1 Å². The second kappa shape index (κ2) is 8.07. The Morgan fingerprint density at radius 1 is 0.744 bits per heavy atom. The minimum atomic E-state index is 0.0959. The quantitative estimate of drug-likeness (QED) is 0.208. The van der Waals surface area contributed by atoms with Crippen molar-refractivity contribution in [1.82, 2.24) is 4.57 Å². The van der Waals surface area contributed by atoms with Crippen molar-refractivity contribution in [2.45, 2.75) is 22.2 Å². The fourth-order valence-electron chi connectivity index (χ4n) is 7.83. The van der Waals surface area contributed by atoms with Gasteiger partial charge in [-0.1, -0.05) is 72.8 Å². The van der Waals surface area contributed by atoms with Crippen molar-refractivity contribution in [1.29, 1.82) is 0 Å². The molecule has 2 aromatic heterocycles. The van der Waals surface area contributed by atoms with Gasteiger partial charge < -0.3 is 9.88 Å². The Morgan fingerprint density at radius 2 is 1.60 bits per heavy atom. The van der Waals surface area contributed by atoms with Crippen molar-refractivity contribution in [2.24, 2.45) is 4.99 Å². The highest BCUT2D eigenvalue weighted by Crippen LogP contribution is 2.61. The zero-order valence-corrected chi connectivity index (χ0v) is 24.5. The number of nitrogens with zero attached hydrogens (tertiary/aromatic N) is 2. The van der Waals surface area contributed by atoms with E-state index in [1.165, 1.54) is 69.4 Å². The maximum Gasteiger partial charge on any atom is 0.158 e. The van der Waals surface area contributed by atoms with Crippen molar-refractivity contribution in [2.75, 3.05) is 5.32 Å². The summed E-state index contributed by atoms with van der Waals surface area (Å²) in [4.78, 5) is 6.74. The molecule has 2 aliphatic carbocycles. The number of hydrogen-bond donors (Lipinski definition) is 1. The van der Waals surface area contributed by atoms with Crippen molar-refractivity contribution in [3.63, 3.8) is 0 Å². The molecule has 3 unspecified atom stereocenters. The smallest absolute Gasteiger partial charge is 0.158 e. The van der Waals surface area contributed by atoms with Crippen LogP contribution in [0.15, 0.2) is 125 Å². The van der Waals surface area contributed by atoms with E-state index in [2.05, 4.69) is 125 Å². The molecule has 43 heavy (non-hydrogen) atoms. The lowest BCUT2D eigenvalue weighted by Gasteiger charge is -2.30. The third kappa shape index (κ3) is 2.94. The normalized spacial score (nSPS) is 22.0. The number of fused-ring (bicyclic) bond motifs is 14. The SMILES string of the molecule is C1=CC2=Nc3c(c4cc(-c5ccc6sc7ccccc7c6c5)cc5c4n3C3C5=CC=C4c5ccccc5SC43)NC2C=C1. The van der Waals surface area contributed by atoms with Crippen LogP contribution in [0.5, 0.6) is 0 Å². The third-order valence-electron chi connectivity index (χ3n) is 9.71. The summed E-state index contributed by atoms with van der Waals surface area (Å²) in [6, 6.07) is 29.8. The highest BCUT2D eigenvalue weighted by atomic mass is 32.2. The molecule has 1 N–H and O–H groups in total. The number of aromatic nitrogens is 1. The molecular weight excluding hydrogens is 563 g/mol. The number of thiophene rings is 1. The van der Waals surface area contributed by atoms with Gasteiger partial charge in [0.15, 0.2) is 5.82 Å². The number of anilines is 1. The number of thioether (sulfide) groups is 1. The van der Waals surface area contributed by atoms with Crippen molar-refractivity contribution >= 4 is 82.5 Å². The maximum atomic E-state index is 5.36. The van der Waals surface area contributed by atoms with Crippen LogP contribution in [0.2, 0.25) is 0 Å². The number of nitrogens with one attached hydrogen (secondary N) is 1. The summed E-state index contributed by atoms with van der Waals surface area (Å²) in [6.07, 6.45) is 13.4. The van der Waals surface area contributed by atoms with E-state index in [1.54, 1.807) is 0 Å². The molecule has 0 radical (unpaired) electrons. The van der Waals surface area contributed by atoms with E-state index in [1.807, 2.05) is 23.1 Å². The largest absolute Gasteiger partial charge is 0.370 e. The van der Waals surface area contributed by atoms with Crippen LogP contribution in [0.4, 0.5) is 11.5 Å². The first-order chi connectivity index (χ1) is 21.3. The van der Waals surface area contributed by atoms with Gasteiger partial charge in [-0.3, -0.25) is 0 Å². The van der Waals surface area contributed by atoms with Gasteiger partial charge in [0, 0.05) is 36.0 Å². The molecule has 0 amide bonds. The predicted octanol–water partition coefficient (Wildman–Crippen LogP) is 10.2. The summed E-state index contributed by atoms with van der Waals surface area (Å²) in [6.45, 7) is 0. The zero-order chi connectivity index (χ0) is 27.8. The molecule has 5 heterocycles. The highest BCUT2D eigenvalue weighted by Gasteiger charge is 2.45. The molecule has 5 aliphatic rings. The Hall–Kier alpha value is -4.58. The van der Waals surface area contributed by atoms with Crippen LogP contribution < -0.4 is 5.32 Å². The van der Waals surface area contributed by atoms with Crippen LogP contribution in [0.25, 0.3) is 53.3 Å². The van der Waals surface area contributed by atoms with Gasteiger partial charge in [0.25, 0.3) is 0 Å². The van der Waals surface area contributed by atoms with Crippen LogP contribution in [0, 0.1) is 0 Å². The van der Waals surface area contributed by atoms with Crippen molar-refractivity contribution in [3.8, 4) is 11.1 Å². The molecule has 4 aromatic carbocycles. The van der Waals surface area contributed by atoms with E-state index in [9.17, 15) is 0 Å². The molecule has 202 valence electrons. The van der Waals surface area contributed by atoms with Crippen molar-refractivity contribution < 1.29 is 0 Å². The average molecular weight is 586 g/mol. The molecule has 0 saturated heterocycles. The molecule has 3 atom stereocenters. The van der Waals surface area contributed by atoms with E-state index >= 15 is 0 Å². The van der Waals surface area contributed by atoms with E-state index in [4.69, 9.17) is 4.99 Å². The van der Waals surface area contributed by atoms with Gasteiger partial charge in [-0.2, -0.15) is 0 Å². The lowest BCUT2D eigenvalue weighted by Crippen LogP contribution is -2.30. The lowest BCUT2D eigenvalue weighted by molar-refractivity contribution is 0.690. The second-order valence-electron chi connectivity index (χ2n) is 11.9. The van der Waals surface area contributed by atoms with Gasteiger partial charge in [-0.15, -0.1) is 23.1 Å². The second-order valence-corrected chi connectivity index (χ2v) is 14.2. The Kier molecular flexibility index (Phi) is 4.31. The topological polar surface area (TPSA) is 29.3 Å². The minimum Gasteiger partial charge on any atom is -0.370 e. The van der Waals surface area contributed by atoms with E-state index in [0.717, 1.165) is 17.2 Å². The number of rotatable bonds is 1. The standard InChI is InChI=1S/C38H23N3S2/c1-6-12-32-22(7-1)25-15-14-24-27-18-21(20-13-16-33-26(17-20)23-8-2-5-11-31(23)42-33)19-28-34-38(40-30-10-4-3-9-29(30)39-34)41(35(27)28)36(24)37(25)43-32/h1-19,29,36-37,39H. The van der Waals surface area contributed by atoms with E-state index in [-0.39, 0.29) is 12.1 Å². The molecular formula is C38H23N3S2. The lowest BCUT2D eigenvalue weighted by atomic mass is 9.86. The number of aliphatic imine (C=N–C) groups is 1. The van der Waals surface area contributed by atoms with Crippen LogP contribution in [0.1, 0.15) is 17.2 Å². The van der Waals surface area contributed by atoms with Gasteiger partial charge in [0.2, 0.25) is 0 Å². The van der Waals surface area contributed by atoms with Gasteiger partial charge >= 0.3 is 0 Å². The van der Waals surface area contributed by atoms with Crippen LogP contribution in [-0.4, -0.2) is 21.6 Å². The summed E-state index contributed by atoms with van der Waals surface area (Å²) in [5, 5.41) is 8.15. The van der Waals surface area contributed by atoms with Crippen LogP contribution in [0.3, 0.4) is 0 Å².